The lowest BCUT2D eigenvalue weighted by molar-refractivity contribution is -0.141. The first-order chi connectivity index (χ1) is 6.10. The average molecular weight is 188 g/mol. The minimum Gasteiger partial charge on any atom is -0.369 e. The number of hydrogen-bond acceptors (Lipinski definition) is 3. The standard InChI is InChI=1S/C9H20N2O2/c1-5-9(2,13-4)8(12)11-7-6-10-3/h10H,5-7H2,1-4H3,(H,11,12). The van der Waals surface area contributed by atoms with Gasteiger partial charge in [-0.25, -0.2) is 0 Å². The number of carbonyl (C=O) groups excluding carboxylic acids is 1. The molecule has 4 nitrogen and oxygen atoms in total. The fourth-order valence-electron chi connectivity index (χ4n) is 0.886. The van der Waals surface area contributed by atoms with E-state index in [1.54, 1.807) is 14.0 Å². The highest BCUT2D eigenvalue weighted by Gasteiger charge is 2.30. The van der Waals surface area contributed by atoms with E-state index in [-0.39, 0.29) is 5.91 Å². The molecule has 1 atom stereocenters. The van der Waals surface area contributed by atoms with Crippen molar-refractivity contribution in [2.75, 3.05) is 27.2 Å². The first kappa shape index (κ1) is 12.4. The molecule has 0 radical (unpaired) electrons. The van der Waals surface area contributed by atoms with Crippen LogP contribution in [0.15, 0.2) is 0 Å². The number of likely N-dealkylation sites (N-methyl/N-ethyl adjacent to an activating group) is 1. The van der Waals surface area contributed by atoms with Crippen LogP contribution in [0.1, 0.15) is 20.3 Å². The summed E-state index contributed by atoms with van der Waals surface area (Å²) in [6, 6.07) is 0. The van der Waals surface area contributed by atoms with Gasteiger partial charge in [-0.3, -0.25) is 4.79 Å². The van der Waals surface area contributed by atoms with Gasteiger partial charge in [0.05, 0.1) is 0 Å². The van der Waals surface area contributed by atoms with Gasteiger partial charge in [0.1, 0.15) is 5.60 Å². The normalized spacial score (nSPS) is 15.1. The maximum Gasteiger partial charge on any atom is 0.251 e. The van der Waals surface area contributed by atoms with Crippen molar-refractivity contribution in [2.45, 2.75) is 25.9 Å². The highest BCUT2D eigenvalue weighted by Crippen LogP contribution is 2.13. The lowest BCUT2D eigenvalue weighted by Gasteiger charge is -2.25. The molecule has 0 bridgehead atoms. The number of carbonyl (C=O) groups is 1. The molecule has 4 heteroatoms. The van der Waals surface area contributed by atoms with Crippen molar-refractivity contribution in [1.82, 2.24) is 10.6 Å². The molecule has 1 unspecified atom stereocenters. The summed E-state index contributed by atoms with van der Waals surface area (Å²) >= 11 is 0. The molecule has 0 aromatic rings. The van der Waals surface area contributed by atoms with Crippen molar-refractivity contribution in [3.05, 3.63) is 0 Å². The number of amides is 1. The van der Waals surface area contributed by atoms with Gasteiger partial charge in [0.2, 0.25) is 0 Å². The highest BCUT2D eigenvalue weighted by atomic mass is 16.5. The number of ether oxygens (including phenoxy) is 1. The van der Waals surface area contributed by atoms with Crippen molar-refractivity contribution < 1.29 is 9.53 Å². The second-order valence-corrected chi connectivity index (χ2v) is 3.15. The van der Waals surface area contributed by atoms with Crippen LogP contribution in [0.2, 0.25) is 0 Å². The van der Waals surface area contributed by atoms with Crippen LogP contribution < -0.4 is 10.6 Å². The van der Waals surface area contributed by atoms with Gasteiger partial charge < -0.3 is 15.4 Å². The van der Waals surface area contributed by atoms with E-state index in [0.29, 0.717) is 13.0 Å². The summed E-state index contributed by atoms with van der Waals surface area (Å²) in [7, 11) is 3.41. The number of rotatable bonds is 6. The van der Waals surface area contributed by atoms with Gasteiger partial charge in [-0.1, -0.05) is 6.92 Å². The van der Waals surface area contributed by atoms with Crippen LogP contribution in [-0.2, 0) is 9.53 Å². The quantitative estimate of drug-likeness (QED) is 0.583. The minimum atomic E-state index is -0.687. The molecule has 13 heavy (non-hydrogen) atoms. The molecular formula is C9H20N2O2. The van der Waals surface area contributed by atoms with Crippen LogP contribution >= 0.6 is 0 Å². The molecule has 0 aromatic heterocycles. The van der Waals surface area contributed by atoms with Gasteiger partial charge >= 0.3 is 0 Å². The molecule has 0 aromatic carbocycles. The fraction of sp³-hybridized carbons (Fsp3) is 0.889. The summed E-state index contributed by atoms with van der Waals surface area (Å²) in [5.41, 5.74) is -0.687. The lowest BCUT2D eigenvalue weighted by Crippen LogP contribution is -2.47. The Morgan fingerprint density at radius 3 is 2.46 bits per heavy atom. The Morgan fingerprint density at radius 2 is 2.08 bits per heavy atom. The lowest BCUT2D eigenvalue weighted by atomic mass is 10.0. The Bertz CT molecular complexity index is 156. The van der Waals surface area contributed by atoms with Gasteiger partial charge in [0.25, 0.3) is 5.91 Å². The first-order valence-electron chi connectivity index (χ1n) is 4.58. The summed E-state index contributed by atoms with van der Waals surface area (Å²) in [5, 5.41) is 5.75. The number of nitrogens with one attached hydrogen (secondary N) is 2. The molecule has 0 aliphatic rings. The van der Waals surface area contributed by atoms with Crippen molar-refractivity contribution in [2.24, 2.45) is 0 Å². The monoisotopic (exact) mass is 188 g/mol. The van der Waals surface area contributed by atoms with Crippen molar-refractivity contribution >= 4 is 5.91 Å². The second kappa shape index (κ2) is 5.94. The van der Waals surface area contributed by atoms with E-state index >= 15 is 0 Å². The van der Waals surface area contributed by atoms with E-state index in [2.05, 4.69) is 10.6 Å². The molecule has 0 rings (SSSR count). The highest BCUT2D eigenvalue weighted by molar-refractivity contribution is 5.84. The Kier molecular flexibility index (Phi) is 5.66. The molecule has 2 N–H and O–H groups in total. The largest absolute Gasteiger partial charge is 0.369 e. The molecule has 0 spiro atoms. The summed E-state index contributed by atoms with van der Waals surface area (Å²) in [6.45, 7) is 5.13. The van der Waals surface area contributed by atoms with Crippen molar-refractivity contribution in [3.63, 3.8) is 0 Å². The Morgan fingerprint density at radius 1 is 1.46 bits per heavy atom. The predicted octanol–water partition coefficient (Wildman–Crippen LogP) is 0.137. The van der Waals surface area contributed by atoms with E-state index in [9.17, 15) is 4.79 Å². The average Bonchev–Trinajstić information content (AvgIpc) is 2.17. The van der Waals surface area contributed by atoms with E-state index in [4.69, 9.17) is 4.74 Å². The summed E-state index contributed by atoms with van der Waals surface area (Å²) < 4.78 is 5.15. The van der Waals surface area contributed by atoms with Crippen LogP contribution in [0.5, 0.6) is 0 Å². The zero-order chi connectivity index (χ0) is 10.3. The van der Waals surface area contributed by atoms with Crippen molar-refractivity contribution in [1.29, 1.82) is 0 Å². The Balaban J connectivity index is 3.92. The molecular weight excluding hydrogens is 168 g/mol. The van der Waals surface area contributed by atoms with Crippen LogP contribution in [0.3, 0.4) is 0 Å². The fourth-order valence-corrected chi connectivity index (χ4v) is 0.886. The second-order valence-electron chi connectivity index (χ2n) is 3.15. The van der Waals surface area contributed by atoms with E-state index in [1.165, 1.54) is 0 Å². The maximum atomic E-state index is 11.5. The van der Waals surface area contributed by atoms with Crippen LogP contribution in [-0.4, -0.2) is 38.8 Å². The van der Waals surface area contributed by atoms with Crippen LogP contribution in [0.25, 0.3) is 0 Å². The smallest absolute Gasteiger partial charge is 0.251 e. The van der Waals surface area contributed by atoms with Crippen LogP contribution in [0.4, 0.5) is 0 Å². The topological polar surface area (TPSA) is 50.4 Å². The molecule has 0 fully saturated rings. The zero-order valence-corrected chi connectivity index (χ0v) is 8.94. The van der Waals surface area contributed by atoms with E-state index in [1.807, 2.05) is 14.0 Å². The molecule has 1 amide bonds. The van der Waals surface area contributed by atoms with Crippen molar-refractivity contribution in [3.8, 4) is 0 Å². The Labute approximate surface area is 80.0 Å². The first-order valence-corrected chi connectivity index (χ1v) is 4.58. The van der Waals surface area contributed by atoms with Gasteiger partial charge in [0.15, 0.2) is 0 Å². The maximum absolute atomic E-state index is 11.5. The van der Waals surface area contributed by atoms with Gasteiger partial charge in [-0.15, -0.1) is 0 Å². The molecule has 78 valence electrons. The summed E-state index contributed by atoms with van der Waals surface area (Å²) in [4.78, 5) is 11.5. The molecule has 0 aliphatic carbocycles. The molecule has 0 saturated heterocycles. The van der Waals surface area contributed by atoms with Gasteiger partial charge in [-0.05, 0) is 20.4 Å². The van der Waals surface area contributed by atoms with E-state index in [0.717, 1.165) is 6.54 Å². The molecule has 0 aliphatic heterocycles. The third kappa shape index (κ3) is 3.74. The van der Waals surface area contributed by atoms with Gasteiger partial charge in [0, 0.05) is 20.2 Å². The van der Waals surface area contributed by atoms with E-state index < -0.39 is 5.60 Å². The molecule has 0 heterocycles. The third-order valence-corrected chi connectivity index (χ3v) is 2.27. The third-order valence-electron chi connectivity index (χ3n) is 2.27. The van der Waals surface area contributed by atoms with Gasteiger partial charge in [-0.2, -0.15) is 0 Å². The SMILES string of the molecule is CCC(C)(OC)C(=O)NCCNC. The number of methoxy groups -OCH3 is 1. The summed E-state index contributed by atoms with van der Waals surface area (Å²) in [6.07, 6.45) is 0.675. The Hall–Kier alpha value is -0.610. The summed E-state index contributed by atoms with van der Waals surface area (Å²) in [5.74, 6) is -0.0484. The zero-order valence-electron chi connectivity index (χ0n) is 8.94. The predicted molar refractivity (Wildman–Crippen MR) is 52.6 cm³/mol. The molecule has 0 saturated carbocycles. The van der Waals surface area contributed by atoms with Crippen LogP contribution in [0, 0.1) is 0 Å². The number of hydrogen-bond donors (Lipinski definition) is 2. The minimum absolute atomic E-state index is 0.0484.